The number of benzene rings is 3. The second-order valence-electron chi connectivity index (χ2n) is 7.62. The predicted octanol–water partition coefficient (Wildman–Crippen LogP) is 6.54. The van der Waals surface area contributed by atoms with Gasteiger partial charge in [0.1, 0.15) is 10.7 Å². The Kier molecular flexibility index (Phi) is 8.13. The molecule has 0 atom stereocenters. The van der Waals surface area contributed by atoms with Gasteiger partial charge < -0.3 is 8.92 Å². The molecule has 0 radical (unpaired) electrons. The summed E-state index contributed by atoms with van der Waals surface area (Å²) in [5, 5.41) is -0.507. The maximum atomic E-state index is 13.3. The summed E-state index contributed by atoms with van der Waals surface area (Å²) in [6, 6.07) is 14.1. The van der Waals surface area contributed by atoms with Gasteiger partial charge >= 0.3 is 10.1 Å². The summed E-state index contributed by atoms with van der Waals surface area (Å²) < 4.78 is 49.6. The highest BCUT2D eigenvalue weighted by Crippen LogP contribution is 2.41. The van der Waals surface area contributed by atoms with Gasteiger partial charge in [-0.2, -0.15) is 8.42 Å². The summed E-state index contributed by atoms with van der Waals surface area (Å²) in [7, 11) is -4.19. The van der Waals surface area contributed by atoms with E-state index in [9.17, 15) is 22.4 Å². The number of hydrogen-bond acceptors (Lipinski definition) is 7. The van der Waals surface area contributed by atoms with E-state index < -0.39 is 27.1 Å². The van der Waals surface area contributed by atoms with Crippen molar-refractivity contribution in [3.05, 3.63) is 92.6 Å². The number of amides is 2. The number of imide groups is 1. The highest BCUT2D eigenvalue weighted by molar-refractivity contribution is 8.18. The molecule has 1 saturated heterocycles. The second-order valence-corrected chi connectivity index (χ2v) is 11.0. The van der Waals surface area contributed by atoms with E-state index in [-0.39, 0.29) is 44.5 Å². The first-order chi connectivity index (χ1) is 17.6. The number of ether oxygens (including phenoxy) is 1. The summed E-state index contributed by atoms with van der Waals surface area (Å²) in [5.74, 6) is -1.27. The molecule has 0 aromatic heterocycles. The lowest BCUT2D eigenvalue weighted by atomic mass is 10.1. The maximum absolute atomic E-state index is 13.3. The number of halogens is 3. The molecule has 0 bridgehead atoms. The molecular weight excluding hydrogens is 564 g/mol. The number of hydrogen-bond donors (Lipinski definition) is 0. The average molecular weight is 582 g/mol. The Balaban J connectivity index is 1.62. The zero-order valence-electron chi connectivity index (χ0n) is 19.1. The molecule has 2 amide bonds. The first-order valence-electron chi connectivity index (χ1n) is 10.7. The van der Waals surface area contributed by atoms with Crippen LogP contribution in [0, 0.1) is 5.82 Å². The Bertz CT molecular complexity index is 1510. The molecule has 3 aromatic rings. The molecule has 1 aliphatic heterocycles. The van der Waals surface area contributed by atoms with Crippen LogP contribution in [0.15, 0.2) is 70.5 Å². The van der Waals surface area contributed by atoms with Gasteiger partial charge in [-0.3, -0.25) is 14.5 Å². The fraction of sp³-hybridized carbons (Fsp3) is 0.120. The van der Waals surface area contributed by atoms with E-state index in [1.165, 1.54) is 42.5 Å². The van der Waals surface area contributed by atoms with E-state index in [2.05, 4.69) is 0 Å². The third kappa shape index (κ3) is 6.10. The monoisotopic (exact) mass is 581 g/mol. The van der Waals surface area contributed by atoms with Crippen molar-refractivity contribution < 1.29 is 31.3 Å². The third-order valence-electron chi connectivity index (χ3n) is 5.07. The Labute approximate surface area is 226 Å². The smallest absolute Gasteiger partial charge is 0.339 e. The summed E-state index contributed by atoms with van der Waals surface area (Å²) in [6.45, 7) is 1.74. The van der Waals surface area contributed by atoms with Gasteiger partial charge in [0, 0.05) is 5.02 Å². The Morgan fingerprint density at radius 1 is 1.03 bits per heavy atom. The lowest BCUT2D eigenvalue weighted by molar-refractivity contribution is -0.123. The molecule has 1 aliphatic rings. The van der Waals surface area contributed by atoms with Crippen molar-refractivity contribution in [2.75, 3.05) is 6.61 Å². The molecule has 7 nitrogen and oxygen atoms in total. The summed E-state index contributed by atoms with van der Waals surface area (Å²) in [4.78, 5) is 26.5. The Hall–Kier alpha value is -3.05. The Morgan fingerprint density at radius 3 is 2.43 bits per heavy atom. The first kappa shape index (κ1) is 27.0. The highest BCUT2D eigenvalue weighted by Gasteiger charge is 2.35. The van der Waals surface area contributed by atoms with Crippen LogP contribution in [0.25, 0.3) is 6.08 Å². The minimum atomic E-state index is -4.19. The van der Waals surface area contributed by atoms with Crippen LogP contribution in [0.4, 0.5) is 9.18 Å². The molecule has 0 spiro atoms. The first-order valence-corrected chi connectivity index (χ1v) is 13.7. The summed E-state index contributed by atoms with van der Waals surface area (Å²) in [6.07, 6.45) is 1.43. The predicted molar refractivity (Wildman–Crippen MR) is 140 cm³/mol. The van der Waals surface area contributed by atoms with Crippen molar-refractivity contribution in [1.82, 2.24) is 4.90 Å². The van der Waals surface area contributed by atoms with Crippen LogP contribution in [0.1, 0.15) is 18.1 Å². The minimum Gasteiger partial charge on any atom is -0.490 e. The SMILES string of the molecule is CCOc1cc(/C=C2\SC(=O)N(Cc3ccc(F)cc3Cl)C2=O)cc(Cl)c1OS(=O)(=O)c1ccccc1. The van der Waals surface area contributed by atoms with Gasteiger partial charge in [-0.1, -0.05) is 47.5 Å². The lowest BCUT2D eigenvalue weighted by Gasteiger charge is -2.15. The molecule has 0 aliphatic carbocycles. The average Bonchev–Trinajstić information content (AvgIpc) is 3.11. The third-order valence-corrected chi connectivity index (χ3v) is 7.85. The van der Waals surface area contributed by atoms with Crippen molar-refractivity contribution in [2.24, 2.45) is 0 Å². The highest BCUT2D eigenvalue weighted by atomic mass is 35.5. The zero-order chi connectivity index (χ0) is 26.7. The van der Waals surface area contributed by atoms with Crippen molar-refractivity contribution in [1.29, 1.82) is 0 Å². The summed E-state index contributed by atoms with van der Waals surface area (Å²) in [5.41, 5.74) is 0.789. The van der Waals surface area contributed by atoms with Gasteiger partial charge in [-0.05, 0) is 72.3 Å². The van der Waals surface area contributed by atoms with E-state index >= 15 is 0 Å². The van der Waals surface area contributed by atoms with Crippen LogP contribution in [-0.2, 0) is 21.5 Å². The number of carbonyl (C=O) groups is 2. The van der Waals surface area contributed by atoms with Crippen LogP contribution in [-0.4, -0.2) is 31.1 Å². The fourth-order valence-corrected chi connectivity index (χ4v) is 5.71. The van der Waals surface area contributed by atoms with Crippen molar-refractivity contribution in [2.45, 2.75) is 18.4 Å². The normalized spacial score (nSPS) is 14.9. The van der Waals surface area contributed by atoms with Gasteiger partial charge in [0.2, 0.25) is 5.75 Å². The quantitative estimate of drug-likeness (QED) is 0.220. The maximum Gasteiger partial charge on any atom is 0.339 e. The molecule has 1 fully saturated rings. The molecule has 0 N–H and O–H groups in total. The van der Waals surface area contributed by atoms with E-state index in [0.29, 0.717) is 22.9 Å². The molecule has 0 unspecified atom stereocenters. The Morgan fingerprint density at radius 2 is 1.76 bits per heavy atom. The summed E-state index contributed by atoms with van der Waals surface area (Å²) >= 11 is 13.1. The zero-order valence-corrected chi connectivity index (χ0v) is 22.3. The molecular formula is C25H18Cl2FNO6S2. The molecule has 192 valence electrons. The van der Waals surface area contributed by atoms with E-state index in [1.807, 2.05) is 0 Å². The molecule has 12 heteroatoms. The van der Waals surface area contributed by atoms with E-state index in [1.54, 1.807) is 25.1 Å². The van der Waals surface area contributed by atoms with Gasteiger partial charge in [-0.15, -0.1) is 0 Å². The van der Waals surface area contributed by atoms with Gasteiger partial charge in [0.25, 0.3) is 11.1 Å². The van der Waals surface area contributed by atoms with Gasteiger partial charge in [-0.25, -0.2) is 4.39 Å². The molecule has 1 heterocycles. The molecule has 0 saturated carbocycles. The van der Waals surface area contributed by atoms with Crippen molar-refractivity contribution in [3.63, 3.8) is 0 Å². The van der Waals surface area contributed by atoms with Crippen LogP contribution >= 0.6 is 35.0 Å². The standard InChI is InChI=1S/C25H18Cl2FNO6S2/c1-2-34-21-11-15(10-20(27)23(21)35-37(32,33)18-6-4-3-5-7-18)12-22-24(30)29(25(31)36-22)14-16-8-9-17(28)13-19(16)26/h3-13H,2,14H2,1H3/b22-12-. The minimum absolute atomic E-state index is 0.0399. The van der Waals surface area contributed by atoms with Gasteiger partial charge in [0.05, 0.1) is 23.1 Å². The number of thioether (sulfide) groups is 1. The van der Waals surface area contributed by atoms with E-state index in [0.717, 1.165) is 11.0 Å². The lowest BCUT2D eigenvalue weighted by Crippen LogP contribution is -2.27. The molecule has 4 rings (SSSR count). The number of carbonyl (C=O) groups excluding carboxylic acids is 2. The number of nitrogens with zero attached hydrogens (tertiary/aromatic N) is 1. The molecule has 37 heavy (non-hydrogen) atoms. The fourth-order valence-electron chi connectivity index (χ4n) is 3.37. The van der Waals surface area contributed by atoms with E-state index in [4.69, 9.17) is 32.1 Å². The van der Waals surface area contributed by atoms with Crippen LogP contribution in [0.2, 0.25) is 10.0 Å². The number of rotatable bonds is 8. The topological polar surface area (TPSA) is 90.0 Å². The van der Waals surface area contributed by atoms with Crippen LogP contribution in [0.5, 0.6) is 11.5 Å². The van der Waals surface area contributed by atoms with Crippen LogP contribution < -0.4 is 8.92 Å². The van der Waals surface area contributed by atoms with Crippen molar-refractivity contribution >= 4 is 62.3 Å². The van der Waals surface area contributed by atoms with Gasteiger partial charge in [0.15, 0.2) is 5.75 Å². The molecule has 3 aromatic carbocycles. The van der Waals surface area contributed by atoms with Crippen molar-refractivity contribution in [3.8, 4) is 11.5 Å². The largest absolute Gasteiger partial charge is 0.490 e. The van der Waals surface area contributed by atoms with Crippen LogP contribution in [0.3, 0.4) is 0 Å². The second kappa shape index (κ2) is 11.1.